The maximum absolute atomic E-state index is 14.7. The van der Waals surface area contributed by atoms with Gasteiger partial charge in [-0.25, -0.2) is 13.4 Å². The Morgan fingerprint density at radius 2 is 1.88 bits per heavy atom. The number of Topliss-reactive ketones (excluding diaryl/α,β-unsaturated/α-hetero) is 1. The van der Waals surface area contributed by atoms with Gasteiger partial charge in [-0.05, 0) is 107 Å². The second-order valence-electron chi connectivity index (χ2n) is 16.7. The molecule has 1 saturated heterocycles. The number of nitrogens with one attached hydrogen (secondary N) is 1. The summed E-state index contributed by atoms with van der Waals surface area (Å²) in [6.07, 6.45) is 4.54. The minimum absolute atomic E-state index is 0.0109. The number of rotatable bonds is 17. The maximum atomic E-state index is 14.7. The third-order valence-electron chi connectivity index (χ3n) is 10.7. The number of allylic oxidation sites excluding steroid dienone is 3. The third kappa shape index (κ3) is 10.1. The zero-order valence-electron chi connectivity index (χ0n) is 33.1. The largest absolute Gasteiger partial charge is 0.472 e. The van der Waals surface area contributed by atoms with E-state index in [0.717, 1.165) is 26.8 Å². The number of thiophene rings is 1. The van der Waals surface area contributed by atoms with Gasteiger partial charge in [-0.3, -0.25) is 28.7 Å². The molecule has 2 aromatic heterocycles. The van der Waals surface area contributed by atoms with Crippen LogP contribution in [-0.4, -0.2) is 77.2 Å². The van der Waals surface area contributed by atoms with Gasteiger partial charge >= 0.3 is 5.97 Å². The van der Waals surface area contributed by atoms with Crippen molar-refractivity contribution in [2.45, 2.75) is 109 Å². The van der Waals surface area contributed by atoms with Crippen LogP contribution >= 0.6 is 11.3 Å². The van der Waals surface area contributed by atoms with E-state index in [-0.39, 0.29) is 50.9 Å². The van der Waals surface area contributed by atoms with Crippen molar-refractivity contribution in [1.29, 1.82) is 0 Å². The second kappa shape index (κ2) is 16.7. The first kappa shape index (κ1) is 41.9. The maximum Gasteiger partial charge on any atom is 0.307 e. The first-order valence-electron chi connectivity index (χ1n) is 19.4. The molecule has 0 spiro atoms. The fourth-order valence-corrected chi connectivity index (χ4v) is 9.68. The summed E-state index contributed by atoms with van der Waals surface area (Å²) in [5.74, 6) is -3.65. The Morgan fingerprint density at radius 1 is 1.12 bits per heavy atom. The van der Waals surface area contributed by atoms with Gasteiger partial charge in [-0.2, -0.15) is 0 Å². The van der Waals surface area contributed by atoms with Crippen LogP contribution < -0.4 is 9.46 Å². The van der Waals surface area contributed by atoms with Gasteiger partial charge in [-0.1, -0.05) is 29.8 Å². The highest BCUT2D eigenvalue weighted by Crippen LogP contribution is 2.57. The van der Waals surface area contributed by atoms with E-state index in [2.05, 4.69) is 16.3 Å². The molecule has 14 heteroatoms. The molecule has 6 rings (SSSR count). The number of ketones is 2. The van der Waals surface area contributed by atoms with E-state index >= 15 is 0 Å². The number of ether oxygens (including phenoxy) is 2. The highest BCUT2D eigenvalue weighted by atomic mass is 32.2. The lowest BCUT2D eigenvalue weighted by Gasteiger charge is -2.29. The van der Waals surface area contributed by atoms with E-state index in [1.807, 2.05) is 41.8 Å². The van der Waals surface area contributed by atoms with Gasteiger partial charge in [-0.15, -0.1) is 17.9 Å². The summed E-state index contributed by atoms with van der Waals surface area (Å²) in [6.45, 7) is 12.5. The average molecular weight is 818 g/mol. The fraction of sp³-hybridized carbons (Fsp3) is 0.488. The predicted molar refractivity (Wildman–Crippen MR) is 218 cm³/mol. The summed E-state index contributed by atoms with van der Waals surface area (Å²) >= 11 is 1.60. The van der Waals surface area contributed by atoms with E-state index in [1.165, 1.54) is 11.0 Å². The second-order valence-corrected chi connectivity index (χ2v) is 19.7. The van der Waals surface area contributed by atoms with E-state index in [4.69, 9.17) is 9.47 Å². The topological polar surface area (TPSA) is 166 Å². The van der Waals surface area contributed by atoms with E-state index in [1.54, 1.807) is 58.2 Å². The van der Waals surface area contributed by atoms with Crippen molar-refractivity contribution in [3.05, 3.63) is 72.3 Å². The van der Waals surface area contributed by atoms with Crippen molar-refractivity contribution in [3.8, 4) is 16.3 Å². The Hall–Kier alpha value is -4.69. The van der Waals surface area contributed by atoms with E-state index in [0.29, 0.717) is 18.7 Å². The van der Waals surface area contributed by atoms with E-state index in [9.17, 15) is 32.4 Å². The summed E-state index contributed by atoms with van der Waals surface area (Å²) in [4.78, 5) is 75.8. The minimum Gasteiger partial charge on any atom is -0.472 e. The van der Waals surface area contributed by atoms with Crippen LogP contribution in [0.25, 0.3) is 21.2 Å². The Morgan fingerprint density at radius 3 is 2.51 bits per heavy atom. The molecule has 3 aromatic rings. The Bertz CT molecular complexity index is 2200. The molecule has 0 unspecified atom stereocenters. The highest BCUT2D eigenvalue weighted by molar-refractivity contribution is 7.90. The number of aromatic nitrogens is 1. The summed E-state index contributed by atoms with van der Waals surface area (Å²) in [5, 5.41) is 2.99. The van der Waals surface area contributed by atoms with Gasteiger partial charge in [0.15, 0.2) is 11.6 Å². The molecule has 304 valence electrons. The van der Waals surface area contributed by atoms with Crippen molar-refractivity contribution in [2.75, 3.05) is 6.54 Å². The molecule has 57 heavy (non-hydrogen) atoms. The molecule has 3 aliphatic rings. The first-order chi connectivity index (χ1) is 26.9. The number of hydrogen-bond donors (Lipinski definition) is 1. The van der Waals surface area contributed by atoms with Crippen LogP contribution in [0.1, 0.15) is 86.0 Å². The van der Waals surface area contributed by atoms with Crippen LogP contribution in [0.5, 0.6) is 5.88 Å². The molecule has 0 bridgehead atoms. The molecule has 1 aliphatic heterocycles. The van der Waals surface area contributed by atoms with Gasteiger partial charge in [0.05, 0.1) is 29.7 Å². The van der Waals surface area contributed by atoms with Crippen molar-refractivity contribution < 1.29 is 41.9 Å². The van der Waals surface area contributed by atoms with Crippen molar-refractivity contribution in [2.24, 2.45) is 17.3 Å². The number of carbonyl (C=O) groups excluding carboxylic acids is 5. The lowest BCUT2D eigenvalue weighted by molar-refractivity contribution is -0.159. The Balaban J connectivity index is 1.31. The summed E-state index contributed by atoms with van der Waals surface area (Å²) in [6, 6.07) is 10.8. The number of fused-ring (bicyclic) bond motifs is 1. The number of carbonyl (C=O) groups is 5. The van der Waals surface area contributed by atoms with Crippen molar-refractivity contribution in [1.82, 2.24) is 14.6 Å². The molecule has 1 aromatic carbocycles. The molecule has 2 saturated carbocycles. The number of nitrogens with zero attached hydrogens (tertiary/aromatic N) is 2. The summed E-state index contributed by atoms with van der Waals surface area (Å²) in [7, 11) is -3.89. The van der Waals surface area contributed by atoms with Crippen molar-refractivity contribution in [3.63, 3.8) is 0 Å². The molecule has 3 fully saturated rings. The van der Waals surface area contributed by atoms with Crippen LogP contribution in [0.4, 0.5) is 0 Å². The number of pyridine rings is 1. The molecular formula is C43H51N3O9S2. The fourth-order valence-electron chi connectivity index (χ4n) is 7.57. The van der Waals surface area contributed by atoms with Gasteiger partial charge in [0.2, 0.25) is 27.7 Å². The van der Waals surface area contributed by atoms with Crippen molar-refractivity contribution >= 4 is 61.5 Å². The quantitative estimate of drug-likeness (QED) is 0.0877. The van der Waals surface area contributed by atoms with Crippen LogP contribution in [0.2, 0.25) is 0 Å². The number of sulfonamides is 1. The van der Waals surface area contributed by atoms with Gasteiger partial charge in [0.25, 0.3) is 0 Å². The SMILES string of the molecule is C=C[C@H]1C[C@]1(CC(=O)[C@@H]1C[C@@H](Oc2nccc3ccc(-c4cccs4)cc23)CN1C(=O)[C@H](CCC(=O)C=C(C)C)CC(=O)OC(C)(C)C)C(=O)NS(=O)(=O)C1CC1. The van der Waals surface area contributed by atoms with E-state index < -0.39 is 73.8 Å². The first-order valence-corrected chi connectivity index (χ1v) is 21.8. The number of hydrogen-bond acceptors (Lipinski definition) is 11. The van der Waals surface area contributed by atoms with Crippen LogP contribution in [0.3, 0.4) is 0 Å². The Kier molecular flexibility index (Phi) is 12.3. The van der Waals surface area contributed by atoms with Crippen LogP contribution in [-0.2, 0) is 38.7 Å². The molecule has 2 aliphatic carbocycles. The number of amides is 2. The lowest BCUT2D eigenvalue weighted by Crippen LogP contribution is -2.46. The van der Waals surface area contributed by atoms with Crippen LogP contribution in [0, 0.1) is 17.3 Å². The van der Waals surface area contributed by atoms with Crippen LogP contribution in [0.15, 0.2) is 72.3 Å². The number of benzene rings is 1. The minimum atomic E-state index is -3.89. The standard InChI is InChI=1S/C43H51N3O9S2/c1-7-30-23-43(30,41(51)45-57(52,53)33-14-15-33)24-36(48)35-22-32(54-39-34-20-28(37-9-8-18-56-37)11-10-27(34)16-17-44-39)25-46(35)40(50)29(12-13-31(47)19-26(2)3)21-38(49)55-42(4,5)6/h7-11,16-20,29-30,32-33,35H,1,12-15,21-25H2,2-6H3,(H,45,51)/t29-,30+,32-,35+,43-/m1/s1. The van der Waals surface area contributed by atoms with Gasteiger partial charge in [0, 0.05) is 41.6 Å². The number of esters is 1. The normalized spacial score (nSPS) is 22.3. The van der Waals surface area contributed by atoms with Gasteiger partial charge in [0.1, 0.15) is 11.7 Å². The Labute approximate surface area is 338 Å². The molecule has 0 radical (unpaired) electrons. The highest BCUT2D eigenvalue weighted by Gasteiger charge is 2.61. The molecular weight excluding hydrogens is 767 g/mol. The lowest BCUT2D eigenvalue weighted by atomic mass is 9.90. The monoisotopic (exact) mass is 817 g/mol. The molecule has 3 heterocycles. The predicted octanol–water partition coefficient (Wildman–Crippen LogP) is 6.74. The third-order valence-corrected chi connectivity index (χ3v) is 13.4. The smallest absolute Gasteiger partial charge is 0.307 e. The molecule has 1 N–H and O–H groups in total. The number of likely N-dealkylation sites (tertiary alicyclic amines) is 1. The van der Waals surface area contributed by atoms with Gasteiger partial charge < -0.3 is 14.4 Å². The average Bonchev–Trinajstić information content (AvgIpc) is 4.01. The zero-order valence-corrected chi connectivity index (χ0v) is 34.7. The zero-order chi connectivity index (χ0) is 41.3. The summed E-state index contributed by atoms with van der Waals surface area (Å²) < 4.78 is 39.9. The summed E-state index contributed by atoms with van der Waals surface area (Å²) in [5.41, 5.74) is -0.384. The molecule has 2 amide bonds. The molecule has 12 nitrogen and oxygen atoms in total. The molecule has 5 atom stereocenters.